The Hall–Kier alpha value is -2.94. The highest BCUT2D eigenvalue weighted by Crippen LogP contribution is 2.38. The molecular formula is C39H60O3. The molecule has 3 rings (SSSR count). The van der Waals surface area contributed by atoms with Gasteiger partial charge in [-0.2, -0.15) is 0 Å². The van der Waals surface area contributed by atoms with Crippen molar-refractivity contribution in [3.8, 4) is 17.2 Å². The average molecular weight is 577 g/mol. The summed E-state index contributed by atoms with van der Waals surface area (Å²) in [5.74, 6) is 3.38. The van der Waals surface area contributed by atoms with E-state index in [1.165, 1.54) is 38.9 Å². The maximum Gasteiger partial charge on any atom is 0.122 e. The lowest BCUT2D eigenvalue weighted by Crippen LogP contribution is -2.01. The second-order valence-electron chi connectivity index (χ2n) is 13.5. The largest absolute Gasteiger partial charge is 0.508 e. The first-order valence-electron chi connectivity index (χ1n) is 15.7. The van der Waals surface area contributed by atoms with Crippen molar-refractivity contribution in [1.82, 2.24) is 0 Å². The maximum atomic E-state index is 10.2. The highest BCUT2D eigenvalue weighted by molar-refractivity contribution is 5.52. The summed E-state index contributed by atoms with van der Waals surface area (Å²) < 4.78 is 0. The molecule has 0 unspecified atom stereocenters. The molecule has 0 aliphatic carbocycles. The molecular weight excluding hydrogens is 516 g/mol. The van der Waals surface area contributed by atoms with E-state index >= 15 is 0 Å². The van der Waals surface area contributed by atoms with Gasteiger partial charge in [-0.1, -0.05) is 81.4 Å². The Morgan fingerprint density at radius 1 is 0.405 bits per heavy atom. The molecule has 0 saturated heterocycles. The van der Waals surface area contributed by atoms with E-state index in [4.69, 9.17) is 0 Å². The smallest absolute Gasteiger partial charge is 0.122 e. The summed E-state index contributed by atoms with van der Waals surface area (Å²) in [5, 5.41) is 29.8. The van der Waals surface area contributed by atoms with Crippen LogP contribution >= 0.6 is 0 Å². The molecule has 0 aromatic heterocycles. The molecule has 0 amide bonds. The molecule has 3 N–H and O–H groups in total. The van der Waals surface area contributed by atoms with Gasteiger partial charge in [0, 0.05) is 0 Å². The molecule has 0 heterocycles. The SMILES string of the molecule is Cc1c(C(C)C)cc(O)c(C(C)C)c1C.Cc1cc(C(C)C)c(O)c(C(C)C)c1C.Cc1ccc(O)c(C(C)C)c1C. The fourth-order valence-electron chi connectivity index (χ4n) is 5.93. The third-order valence-corrected chi connectivity index (χ3v) is 8.60. The highest BCUT2D eigenvalue weighted by Gasteiger charge is 2.18. The third kappa shape index (κ3) is 8.79. The van der Waals surface area contributed by atoms with E-state index in [9.17, 15) is 15.3 Å². The van der Waals surface area contributed by atoms with Gasteiger partial charge in [0.05, 0.1) is 0 Å². The normalized spacial score (nSPS) is 11.3. The van der Waals surface area contributed by atoms with Gasteiger partial charge < -0.3 is 15.3 Å². The van der Waals surface area contributed by atoms with Crippen LogP contribution in [0.25, 0.3) is 0 Å². The van der Waals surface area contributed by atoms with Gasteiger partial charge >= 0.3 is 0 Å². The monoisotopic (exact) mass is 576 g/mol. The van der Waals surface area contributed by atoms with E-state index in [0.29, 0.717) is 46.8 Å². The molecule has 0 saturated carbocycles. The number of phenolic OH excluding ortho intramolecular Hbond substituents is 3. The summed E-state index contributed by atoms with van der Waals surface area (Å²) in [7, 11) is 0. The van der Waals surface area contributed by atoms with Crippen LogP contribution in [-0.2, 0) is 0 Å². The molecule has 3 aromatic carbocycles. The van der Waals surface area contributed by atoms with E-state index in [1.807, 2.05) is 12.1 Å². The van der Waals surface area contributed by atoms with E-state index in [-0.39, 0.29) is 0 Å². The topological polar surface area (TPSA) is 60.7 Å². The van der Waals surface area contributed by atoms with Crippen LogP contribution in [0.3, 0.4) is 0 Å². The van der Waals surface area contributed by atoms with E-state index < -0.39 is 0 Å². The van der Waals surface area contributed by atoms with Crippen molar-refractivity contribution < 1.29 is 15.3 Å². The number of aryl methyl sites for hydroxylation is 2. The number of phenols is 3. The fourth-order valence-corrected chi connectivity index (χ4v) is 5.93. The van der Waals surface area contributed by atoms with Crippen LogP contribution in [0, 0.1) is 41.5 Å². The second-order valence-corrected chi connectivity index (χ2v) is 13.5. The Bertz CT molecular complexity index is 1340. The van der Waals surface area contributed by atoms with Crippen LogP contribution in [0.4, 0.5) is 0 Å². The molecule has 0 bridgehead atoms. The first kappa shape index (κ1) is 37.1. The standard InChI is InChI=1S/2C14H22O.C11H16O/c1-8(2)12-7-13(15)14(9(3)4)11(6)10(12)5;1-8(2)12-7-10(5)11(6)13(9(3)4)14(12)15;1-7(2)11-9(4)8(3)5-6-10(11)12/h2*7-9,15H,1-6H3;5-7,12H,1-4H3. The molecule has 3 heteroatoms. The minimum absolute atomic E-state index is 0.377. The lowest BCUT2D eigenvalue weighted by Gasteiger charge is -2.19. The van der Waals surface area contributed by atoms with E-state index in [1.54, 1.807) is 6.07 Å². The predicted octanol–water partition coefficient (Wildman–Crippen LogP) is 11.6. The number of benzene rings is 3. The van der Waals surface area contributed by atoms with Crippen LogP contribution in [0.1, 0.15) is 160 Å². The second kappa shape index (κ2) is 15.5. The van der Waals surface area contributed by atoms with Crippen LogP contribution in [0.2, 0.25) is 0 Å². The van der Waals surface area contributed by atoms with Gasteiger partial charge in [-0.3, -0.25) is 0 Å². The number of rotatable bonds is 5. The molecule has 0 aliphatic rings. The summed E-state index contributed by atoms with van der Waals surface area (Å²) in [6.07, 6.45) is 0. The minimum atomic E-state index is 0.377. The zero-order valence-electron chi connectivity index (χ0n) is 29.5. The van der Waals surface area contributed by atoms with Crippen molar-refractivity contribution in [1.29, 1.82) is 0 Å². The molecule has 0 aliphatic heterocycles. The van der Waals surface area contributed by atoms with Crippen molar-refractivity contribution in [3.63, 3.8) is 0 Å². The predicted molar refractivity (Wildman–Crippen MR) is 183 cm³/mol. The van der Waals surface area contributed by atoms with Crippen LogP contribution in [-0.4, -0.2) is 15.3 Å². The zero-order valence-corrected chi connectivity index (χ0v) is 29.5. The van der Waals surface area contributed by atoms with Crippen molar-refractivity contribution in [3.05, 3.63) is 85.5 Å². The van der Waals surface area contributed by atoms with Crippen molar-refractivity contribution >= 4 is 0 Å². The van der Waals surface area contributed by atoms with Gasteiger partial charge in [0.1, 0.15) is 17.2 Å². The summed E-state index contributed by atoms with van der Waals surface area (Å²) in [5.41, 5.74) is 13.1. The van der Waals surface area contributed by atoms with Gasteiger partial charge in [-0.05, 0) is 144 Å². The fraction of sp³-hybridized carbons (Fsp3) is 0.538. The van der Waals surface area contributed by atoms with Gasteiger partial charge in [0.15, 0.2) is 0 Å². The Morgan fingerprint density at radius 3 is 1.24 bits per heavy atom. The number of aromatic hydroxyl groups is 3. The van der Waals surface area contributed by atoms with Gasteiger partial charge in [-0.25, -0.2) is 0 Å². The third-order valence-electron chi connectivity index (χ3n) is 8.60. The van der Waals surface area contributed by atoms with Crippen LogP contribution in [0.5, 0.6) is 17.2 Å². The minimum Gasteiger partial charge on any atom is -0.508 e. The van der Waals surface area contributed by atoms with Gasteiger partial charge in [0.2, 0.25) is 0 Å². The zero-order chi connectivity index (χ0) is 32.8. The summed E-state index contributed by atoms with van der Waals surface area (Å²) >= 11 is 0. The first-order chi connectivity index (χ1) is 19.3. The summed E-state index contributed by atoms with van der Waals surface area (Å²) in [4.78, 5) is 0. The van der Waals surface area contributed by atoms with Gasteiger partial charge in [-0.15, -0.1) is 0 Å². The van der Waals surface area contributed by atoms with E-state index in [2.05, 4.69) is 117 Å². The van der Waals surface area contributed by atoms with Gasteiger partial charge in [0.25, 0.3) is 0 Å². The molecule has 234 valence electrons. The maximum absolute atomic E-state index is 10.2. The highest BCUT2D eigenvalue weighted by atomic mass is 16.3. The Labute approximate surface area is 258 Å². The first-order valence-corrected chi connectivity index (χ1v) is 15.7. The molecule has 42 heavy (non-hydrogen) atoms. The quantitative estimate of drug-likeness (QED) is 0.283. The lowest BCUT2D eigenvalue weighted by atomic mass is 9.87. The summed E-state index contributed by atoms with van der Waals surface area (Å²) in [6, 6.07) is 7.78. The molecule has 0 spiro atoms. The molecule has 0 radical (unpaired) electrons. The number of hydrogen-bond acceptors (Lipinski definition) is 3. The van der Waals surface area contributed by atoms with Crippen molar-refractivity contribution in [2.45, 2.75) is 140 Å². The van der Waals surface area contributed by atoms with Crippen LogP contribution < -0.4 is 0 Å². The molecule has 3 nitrogen and oxygen atoms in total. The van der Waals surface area contributed by atoms with Crippen LogP contribution in [0.15, 0.2) is 24.3 Å². The molecule has 3 aromatic rings. The van der Waals surface area contributed by atoms with E-state index in [0.717, 1.165) is 22.3 Å². The Balaban J connectivity index is 0.000000317. The number of hydrogen-bond donors (Lipinski definition) is 3. The lowest BCUT2D eigenvalue weighted by molar-refractivity contribution is 0.453. The Morgan fingerprint density at radius 2 is 0.833 bits per heavy atom. The molecule has 0 atom stereocenters. The summed E-state index contributed by atoms with van der Waals surface area (Å²) in [6.45, 7) is 33.9. The molecule has 0 fully saturated rings. The Kier molecular flexibility index (Phi) is 13.7. The van der Waals surface area contributed by atoms with Crippen molar-refractivity contribution in [2.75, 3.05) is 0 Å². The van der Waals surface area contributed by atoms with Crippen molar-refractivity contribution in [2.24, 2.45) is 0 Å². The average Bonchev–Trinajstić information content (AvgIpc) is 2.86.